The molecule has 0 saturated carbocycles. The molecule has 106 valence electrons. The molecule has 6 heteroatoms. The number of benzene rings is 1. The lowest BCUT2D eigenvalue weighted by Crippen LogP contribution is -2.14. The van der Waals surface area contributed by atoms with Crippen LogP contribution < -0.4 is 5.32 Å². The van der Waals surface area contributed by atoms with Gasteiger partial charge in [0.25, 0.3) is 0 Å². The van der Waals surface area contributed by atoms with Crippen LogP contribution in [0.25, 0.3) is 16.2 Å². The molecule has 0 aliphatic heterocycles. The Hall–Kier alpha value is -2.47. The number of nitrogens with zero attached hydrogens (tertiary/aromatic N) is 2. The number of carbonyl (C=O) groups is 2. The molecular weight excluding hydrogens is 286 g/mol. The van der Waals surface area contributed by atoms with Gasteiger partial charge < -0.3 is 5.32 Å². The molecule has 0 fully saturated rings. The van der Waals surface area contributed by atoms with Crippen LogP contribution in [0.15, 0.2) is 42.0 Å². The molecule has 2 heterocycles. The van der Waals surface area contributed by atoms with Crippen LogP contribution >= 0.6 is 11.3 Å². The van der Waals surface area contributed by atoms with Gasteiger partial charge in [0.2, 0.25) is 5.91 Å². The molecule has 0 saturated heterocycles. The maximum Gasteiger partial charge on any atom is 0.231 e. The number of Topliss-reactive ketones (excluding diaryl/α,β-unsaturated/α-hetero) is 1. The molecule has 1 amide bonds. The van der Waals surface area contributed by atoms with Crippen LogP contribution in [0, 0.1) is 0 Å². The average Bonchev–Trinajstić information content (AvgIpc) is 2.99. The van der Waals surface area contributed by atoms with Gasteiger partial charge in [-0.05, 0) is 19.1 Å². The molecule has 1 aromatic carbocycles. The van der Waals surface area contributed by atoms with E-state index in [1.165, 1.54) is 6.92 Å². The lowest BCUT2D eigenvalue weighted by molar-refractivity contribution is -0.124. The highest BCUT2D eigenvalue weighted by Crippen LogP contribution is 2.23. The number of carbonyl (C=O) groups excluding carboxylic acids is 2. The van der Waals surface area contributed by atoms with Gasteiger partial charge in [-0.15, -0.1) is 11.3 Å². The van der Waals surface area contributed by atoms with Gasteiger partial charge in [0.15, 0.2) is 4.96 Å². The molecular formula is C15H13N3O2S. The zero-order valence-electron chi connectivity index (χ0n) is 11.4. The van der Waals surface area contributed by atoms with E-state index in [4.69, 9.17) is 0 Å². The first-order valence-corrected chi connectivity index (χ1v) is 7.32. The summed E-state index contributed by atoms with van der Waals surface area (Å²) in [5.41, 5.74) is 2.55. The van der Waals surface area contributed by atoms with Crippen molar-refractivity contribution in [3.8, 4) is 11.3 Å². The number of aromatic nitrogens is 2. The number of imidazole rings is 1. The lowest BCUT2D eigenvalue weighted by Gasteiger charge is -2.04. The van der Waals surface area contributed by atoms with Crippen molar-refractivity contribution >= 4 is 33.7 Å². The minimum Gasteiger partial charge on any atom is -0.326 e. The molecule has 0 spiro atoms. The van der Waals surface area contributed by atoms with Gasteiger partial charge in [0.05, 0.1) is 12.1 Å². The molecule has 21 heavy (non-hydrogen) atoms. The second-order valence-electron chi connectivity index (χ2n) is 4.72. The van der Waals surface area contributed by atoms with E-state index in [-0.39, 0.29) is 18.1 Å². The zero-order valence-corrected chi connectivity index (χ0v) is 12.2. The number of hydrogen-bond acceptors (Lipinski definition) is 4. The normalized spacial score (nSPS) is 10.7. The van der Waals surface area contributed by atoms with Crippen molar-refractivity contribution in [1.29, 1.82) is 0 Å². The molecule has 3 rings (SSSR count). The molecule has 0 bridgehead atoms. The van der Waals surface area contributed by atoms with Crippen LogP contribution in [0.4, 0.5) is 5.69 Å². The minimum absolute atomic E-state index is 0.0981. The second kappa shape index (κ2) is 5.49. The Balaban J connectivity index is 1.76. The summed E-state index contributed by atoms with van der Waals surface area (Å²) in [5.74, 6) is -0.444. The third-order valence-electron chi connectivity index (χ3n) is 2.97. The number of hydrogen-bond donors (Lipinski definition) is 1. The fourth-order valence-corrected chi connectivity index (χ4v) is 2.72. The monoisotopic (exact) mass is 299 g/mol. The summed E-state index contributed by atoms with van der Waals surface area (Å²) in [7, 11) is 0. The van der Waals surface area contributed by atoms with E-state index < -0.39 is 0 Å². The first-order chi connectivity index (χ1) is 10.1. The van der Waals surface area contributed by atoms with Crippen molar-refractivity contribution in [1.82, 2.24) is 9.38 Å². The van der Waals surface area contributed by atoms with E-state index in [1.807, 2.05) is 34.3 Å². The van der Waals surface area contributed by atoms with Gasteiger partial charge in [-0.3, -0.25) is 14.0 Å². The summed E-state index contributed by atoms with van der Waals surface area (Å²) in [6.07, 6.45) is 3.83. The summed E-state index contributed by atoms with van der Waals surface area (Å²) in [4.78, 5) is 27.9. The summed E-state index contributed by atoms with van der Waals surface area (Å²) >= 11 is 1.58. The molecule has 3 aromatic rings. The Bertz CT molecular complexity index is 773. The van der Waals surface area contributed by atoms with Crippen LogP contribution in [0.5, 0.6) is 0 Å². The number of fused-ring (bicyclic) bond motifs is 1. The van der Waals surface area contributed by atoms with Crippen molar-refractivity contribution in [3.05, 3.63) is 42.0 Å². The number of anilines is 1. The van der Waals surface area contributed by atoms with E-state index in [0.29, 0.717) is 5.69 Å². The average molecular weight is 299 g/mol. The number of ketones is 1. The second-order valence-corrected chi connectivity index (χ2v) is 5.60. The first kappa shape index (κ1) is 13.5. The quantitative estimate of drug-likeness (QED) is 0.753. The third kappa shape index (κ3) is 3.00. The predicted molar refractivity (Wildman–Crippen MR) is 82.4 cm³/mol. The summed E-state index contributed by atoms with van der Waals surface area (Å²) in [6.45, 7) is 1.40. The largest absolute Gasteiger partial charge is 0.326 e. The summed E-state index contributed by atoms with van der Waals surface area (Å²) < 4.78 is 1.97. The van der Waals surface area contributed by atoms with E-state index in [2.05, 4.69) is 10.3 Å². The van der Waals surface area contributed by atoms with Crippen LogP contribution in [0.1, 0.15) is 13.3 Å². The van der Waals surface area contributed by atoms with E-state index in [9.17, 15) is 9.59 Å². The SMILES string of the molecule is CC(=O)CC(=O)Nc1ccc(-c2cn3ccsc3n2)cc1. The zero-order chi connectivity index (χ0) is 14.8. The van der Waals surface area contributed by atoms with Crippen molar-refractivity contribution in [2.75, 3.05) is 5.32 Å². The predicted octanol–water partition coefficient (Wildman–Crippen LogP) is 2.98. The highest BCUT2D eigenvalue weighted by atomic mass is 32.1. The van der Waals surface area contributed by atoms with Gasteiger partial charge >= 0.3 is 0 Å². The number of nitrogens with one attached hydrogen (secondary N) is 1. The van der Waals surface area contributed by atoms with E-state index >= 15 is 0 Å². The Morgan fingerprint density at radius 1 is 1.29 bits per heavy atom. The minimum atomic E-state index is -0.294. The Morgan fingerprint density at radius 2 is 2.05 bits per heavy atom. The summed E-state index contributed by atoms with van der Waals surface area (Å²) in [5, 5.41) is 4.68. The topological polar surface area (TPSA) is 63.5 Å². The van der Waals surface area contributed by atoms with Crippen molar-refractivity contribution in [2.24, 2.45) is 0 Å². The van der Waals surface area contributed by atoms with Crippen LogP contribution in [0.3, 0.4) is 0 Å². The third-order valence-corrected chi connectivity index (χ3v) is 3.74. The van der Waals surface area contributed by atoms with Gasteiger partial charge in [-0.1, -0.05) is 12.1 Å². The van der Waals surface area contributed by atoms with Gasteiger partial charge in [-0.25, -0.2) is 4.98 Å². The van der Waals surface area contributed by atoms with Crippen molar-refractivity contribution < 1.29 is 9.59 Å². The Labute approximate surface area is 125 Å². The fourth-order valence-electron chi connectivity index (χ4n) is 2.02. The van der Waals surface area contributed by atoms with Gasteiger partial charge in [0, 0.05) is 29.0 Å². The molecule has 0 radical (unpaired) electrons. The number of thiazole rings is 1. The van der Waals surface area contributed by atoms with E-state index in [1.54, 1.807) is 23.5 Å². The molecule has 5 nitrogen and oxygen atoms in total. The standard InChI is InChI=1S/C15H13N3O2S/c1-10(19)8-14(20)16-12-4-2-11(3-5-12)13-9-18-6-7-21-15(18)17-13/h2-7,9H,8H2,1H3,(H,16,20). The van der Waals surface area contributed by atoms with Gasteiger partial charge in [-0.2, -0.15) is 0 Å². The Kier molecular flexibility index (Phi) is 3.53. The molecule has 0 aliphatic rings. The van der Waals surface area contributed by atoms with Crippen molar-refractivity contribution in [2.45, 2.75) is 13.3 Å². The van der Waals surface area contributed by atoms with Crippen LogP contribution in [-0.4, -0.2) is 21.1 Å². The maximum absolute atomic E-state index is 11.5. The molecule has 1 N–H and O–H groups in total. The fraction of sp³-hybridized carbons (Fsp3) is 0.133. The molecule has 0 aliphatic carbocycles. The first-order valence-electron chi connectivity index (χ1n) is 6.44. The molecule has 2 aromatic heterocycles. The summed E-state index contributed by atoms with van der Waals surface area (Å²) in [6, 6.07) is 7.41. The molecule has 0 unspecified atom stereocenters. The smallest absolute Gasteiger partial charge is 0.231 e. The van der Waals surface area contributed by atoms with Crippen molar-refractivity contribution in [3.63, 3.8) is 0 Å². The van der Waals surface area contributed by atoms with Gasteiger partial charge in [0.1, 0.15) is 5.78 Å². The van der Waals surface area contributed by atoms with E-state index in [0.717, 1.165) is 16.2 Å². The number of rotatable bonds is 4. The maximum atomic E-state index is 11.5. The highest BCUT2D eigenvalue weighted by Gasteiger charge is 2.07. The number of amides is 1. The van der Waals surface area contributed by atoms with Crippen LogP contribution in [0.2, 0.25) is 0 Å². The lowest BCUT2D eigenvalue weighted by atomic mass is 10.1. The van der Waals surface area contributed by atoms with Crippen LogP contribution in [-0.2, 0) is 9.59 Å². The Morgan fingerprint density at radius 3 is 2.71 bits per heavy atom. The molecule has 0 atom stereocenters. The highest BCUT2D eigenvalue weighted by molar-refractivity contribution is 7.15.